The summed E-state index contributed by atoms with van der Waals surface area (Å²) in [6.07, 6.45) is -0.643. The van der Waals surface area contributed by atoms with Crippen LogP contribution in [0.15, 0.2) is 73.1 Å². The maximum atomic E-state index is 12.9. The van der Waals surface area contributed by atoms with Gasteiger partial charge in [0.2, 0.25) is 0 Å². The van der Waals surface area contributed by atoms with Crippen molar-refractivity contribution in [3.05, 3.63) is 84.3 Å². The number of hydrogen-bond acceptors (Lipinski definition) is 6. The zero-order valence-electron chi connectivity index (χ0n) is 18.1. The standard InChI is InChI=1S/C23H18F3N3O5S/c1-35(31,32)33-14-18-13-20(7-9-27-18)34-19-5-6-21-15(11-19)8-10-29(21)22(30)28-17-4-2-3-16(12-17)23(24,25)26/h2-13H,14H2,1H3,(H,28,30). The summed E-state index contributed by atoms with van der Waals surface area (Å²) < 4.78 is 72.9. The molecule has 1 N–H and O–H groups in total. The van der Waals surface area contributed by atoms with Crippen LogP contribution in [0.1, 0.15) is 11.3 Å². The monoisotopic (exact) mass is 505 g/mol. The summed E-state index contributed by atoms with van der Waals surface area (Å²) in [7, 11) is -3.62. The van der Waals surface area contributed by atoms with Gasteiger partial charge in [0, 0.05) is 29.5 Å². The number of halogens is 3. The molecule has 0 aliphatic carbocycles. The minimum Gasteiger partial charge on any atom is -0.457 e. The number of alkyl halides is 3. The van der Waals surface area contributed by atoms with Gasteiger partial charge in [-0.25, -0.2) is 4.79 Å². The zero-order chi connectivity index (χ0) is 25.2. The topological polar surface area (TPSA) is 99.5 Å². The molecule has 0 bridgehead atoms. The number of carbonyl (C=O) groups excluding carboxylic acids is 1. The summed E-state index contributed by atoms with van der Waals surface area (Å²) in [5.74, 6) is 0.836. The third-order valence-electron chi connectivity index (χ3n) is 4.77. The Kier molecular flexibility index (Phi) is 6.50. The molecule has 0 aliphatic heterocycles. The van der Waals surface area contributed by atoms with Crippen LogP contribution in [0, 0.1) is 0 Å². The van der Waals surface area contributed by atoms with E-state index in [1.807, 2.05) is 0 Å². The molecule has 8 nitrogen and oxygen atoms in total. The summed E-state index contributed by atoms with van der Waals surface area (Å²) in [5.41, 5.74) is 0.0155. The summed E-state index contributed by atoms with van der Waals surface area (Å²) in [5, 5.41) is 3.11. The molecule has 182 valence electrons. The lowest BCUT2D eigenvalue weighted by Gasteiger charge is -2.11. The first kappa shape index (κ1) is 24.2. The molecule has 12 heteroatoms. The number of hydrogen-bond donors (Lipinski definition) is 1. The normalized spacial score (nSPS) is 12.0. The third-order valence-corrected chi connectivity index (χ3v) is 5.31. The van der Waals surface area contributed by atoms with Gasteiger partial charge in [-0.15, -0.1) is 0 Å². The van der Waals surface area contributed by atoms with Gasteiger partial charge in [-0.3, -0.25) is 13.7 Å². The second-order valence-corrected chi connectivity index (χ2v) is 9.11. The summed E-state index contributed by atoms with van der Waals surface area (Å²) in [4.78, 5) is 16.7. The van der Waals surface area contributed by atoms with E-state index in [1.165, 1.54) is 35.2 Å². The fourth-order valence-corrected chi connectivity index (χ4v) is 3.55. The number of nitrogens with one attached hydrogen (secondary N) is 1. The summed E-state index contributed by atoms with van der Waals surface area (Å²) >= 11 is 0. The van der Waals surface area contributed by atoms with Gasteiger partial charge in [0.1, 0.15) is 18.1 Å². The quantitative estimate of drug-likeness (QED) is 0.352. The second kappa shape index (κ2) is 9.39. The highest BCUT2D eigenvalue weighted by Crippen LogP contribution is 2.31. The number of benzene rings is 2. The van der Waals surface area contributed by atoms with E-state index in [2.05, 4.69) is 10.3 Å². The van der Waals surface area contributed by atoms with E-state index < -0.39 is 27.9 Å². The van der Waals surface area contributed by atoms with Crippen LogP contribution < -0.4 is 10.1 Å². The number of carbonyl (C=O) groups is 1. The van der Waals surface area contributed by atoms with E-state index in [0.29, 0.717) is 28.1 Å². The van der Waals surface area contributed by atoms with Crippen molar-refractivity contribution in [2.45, 2.75) is 12.8 Å². The fourth-order valence-electron chi connectivity index (χ4n) is 3.22. The van der Waals surface area contributed by atoms with Crippen molar-refractivity contribution in [3.63, 3.8) is 0 Å². The van der Waals surface area contributed by atoms with Gasteiger partial charge < -0.3 is 10.1 Å². The smallest absolute Gasteiger partial charge is 0.416 e. The second-order valence-electron chi connectivity index (χ2n) is 7.47. The van der Waals surface area contributed by atoms with Gasteiger partial charge >= 0.3 is 12.2 Å². The van der Waals surface area contributed by atoms with Gasteiger partial charge in [-0.1, -0.05) is 6.07 Å². The lowest BCUT2D eigenvalue weighted by Crippen LogP contribution is -2.18. The molecule has 2 aromatic heterocycles. The first-order chi connectivity index (χ1) is 16.5. The van der Waals surface area contributed by atoms with Crippen LogP contribution in [0.4, 0.5) is 23.7 Å². The molecule has 0 fully saturated rings. The molecule has 2 heterocycles. The van der Waals surface area contributed by atoms with E-state index in [1.54, 1.807) is 30.3 Å². The van der Waals surface area contributed by atoms with Crippen LogP contribution in [0.25, 0.3) is 10.9 Å². The van der Waals surface area contributed by atoms with Crippen LogP contribution in [0.5, 0.6) is 11.5 Å². The minimum absolute atomic E-state index is 0.0139. The van der Waals surface area contributed by atoms with Crippen molar-refractivity contribution in [3.8, 4) is 11.5 Å². The van der Waals surface area contributed by atoms with Gasteiger partial charge in [-0.2, -0.15) is 21.6 Å². The highest BCUT2D eigenvalue weighted by Gasteiger charge is 2.30. The molecule has 0 radical (unpaired) electrons. The van der Waals surface area contributed by atoms with Crippen molar-refractivity contribution in [2.75, 3.05) is 11.6 Å². The molecule has 1 amide bonds. The molecule has 4 rings (SSSR count). The van der Waals surface area contributed by atoms with Gasteiger partial charge in [0.25, 0.3) is 10.1 Å². The summed E-state index contributed by atoms with van der Waals surface area (Å²) in [6.45, 7) is -0.237. The molecule has 35 heavy (non-hydrogen) atoms. The highest BCUT2D eigenvalue weighted by molar-refractivity contribution is 7.85. The van der Waals surface area contributed by atoms with E-state index in [4.69, 9.17) is 8.92 Å². The van der Waals surface area contributed by atoms with Crippen LogP contribution in [-0.4, -0.2) is 30.3 Å². The highest BCUT2D eigenvalue weighted by atomic mass is 32.2. The maximum absolute atomic E-state index is 12.9. The van der Waals surface area contributed by atoms with E-state index in [0.717, 1.165) is 18.4 Å². The predicted octanol–water partition coefficient (Wildman–Crippen LogP) is 5.40. The Bertz CT molecular complexity index is 1500. The first-order valence-corrected chi connectivity index (χ1v) is 11.9. The Labute approximate surface area is 198 Å². The SMILES string of the molecule is CS(=O)(=O)OCc1cc(Oc2ccc3c(ccn3C(=O)Nc3cccc(C(F)(F)F)c3)c2)ccn1. The van der Waals surface area contributed by atoms with Gasteiger partial charge in [-0.05, 0) is 48.5 Å². The number of rotatable bonds is 6. The number of fused-ring (bicyclic) bond motifs is 1. The van der Waals surface area contributed by atoms with Crippen molar-refractivity contribution in [2.24, 2.45) is 0 Å². The van der Waals surface area contributed by atoms with Crippen molar-refractivity contribution in [1.29, 1.82) is 0 Å². The molecular formula is C23H18F3N3O5S. The number of nitrogens with zero attached hydrogens (tertiary/aromatic N) is 2. The Balaban J connectivity index is 1.49. The van der Waals surface area contributed by atoms with Gasteiger partial charge in [0.15, 0.2) is 0 Å². The number of pyridine rings is 1. The lowest BCUT2D eigenvalue weighted by molar-refractivity contribution is -0.137. The Morgan fingerprint density at radius 3 is 2.57 bits per heavy atom. The third kappa shape index (κ3) is 6.16. The van der Waals surface area contributed by atoms with Crippen LogP contribution in [0.2, 0.25) is 0 Å². The molecule has 0 atom stereocenters. The lowest BCUT2D eigenvalue weighted by atomic mass is 10.2. The van der Waals surface area contributed by atoms with E-state index in [-0.39, 0.29) is 12.3 Å². The Morgan fingerprint density at radius 2 is 1.83 bits per heavy atom. The van der Waals surface area contributed by atoms with Crippen molar-refractivity contribution in [1.82, 2.24) is 9.55 Å². The first-order valence-electron chi connectivity index (χ1n) is 10.0. The maximum Gasteiger partial charge on any atom is 0.416 e. The van der Waals surface area contributed by atoms with E-state index in [9.17, 15) is 26.4 Å². The number of aromatic nitrogens is 2. The number of amides is 1. The molecular weight excluding hydrogens is 487 g/mol. The van der Waals surface area contributed by atoms with Gasteiger partial charge in [0.05, 0.1) is 23.0 Å². The molecule has 0 unspecified atom stereocenters. The molecule has 0 spiro atoms. The molecule has 0 saturated carbocycles. The zero-order valence-corrected chi connectivity index (χ0v) is 18.9. The van der Waals surface area contributed by atoms with Crippen LogP contribution >= 0.6 is 0 Å². The fraction of sp³-hybridized carbons (Fsp3) is 0.130. The molecule has 2 aromatic carbocycles. The average molecular weight is 505 g/mol. The molecule has 0 saturated heterocycles. The number of ether oxygens (including phenoxy) is 1. The molecule has 0 aliphatic rings. The summed E-state index contributed by atoms with van der Waals surface area (Å²) in [6, 6.07) is 13.4. The Morgan fingerprint density at radius 1 is 1.06 bits per heavy atom. The minimum atomic E-state index is -4.52. The van der Waals surface area contributed by atoms with Crippen molar-refractivity contribution < 1.29 is 35.3 Å². The number of anilines is 1. The molecule has 4 aromatic rings. The largest absolute Gasteiger partial charge is 0.457 e. The van der Waals surface area contributed by atoms with Crippen LogP contribution in [-0.2, 0) is 27.1 Å². The predicted molar refractivity (Wildman–Crippen MR) is 122 cm³/mol. The average Bonchev–Trinajstić information content (AvgIpc) is 3.21. The Hall–Kier alpha value is -3.90. The van der Waals surface area contributed by atoms with Crippen LogP contribution in [0.3, 0.4) is 0 Å². The van der Waals surface area contributed by atoms with E-state index >= 15 is 0 Å². The van der Waals surface area contributed by atoms with Crippen molar-refractivity contribution >= 4 is 32.7 Å².